The van der Waals surface area contributed by atoms with Gasteiger partial charge in [-0.2, -0.15) is 17.6 Å². The number of carbonyl (C=O) groups is 6. The number of hydrogen-bond donors (Lipinski definition) is 11. The molecule has 1 aromatic carbocycles. The molecule has 2 heterocycles. The number of hydrogen-bond acceptors (Lipinski definition) is 14. The van der Waals surface area contributed by atoms with Crippen LogP contribution in [0.15, 0.2) is 29.1 Å². The number of nitrogens with one attached hydrogen (secondary N) is 6. The second kappa shape index (κ2) is 18.6. The van der Waals surface area contributed by atoms with Crippen LogP contribution in [0.3, 0.4) is 0 Å². The summed E-state index contributed by atoms with van der Waals surface area (Å²) in [5.41, 5.74) is 12.8. The lowest BCUT2D eigenvalue weighted by Gasteiger charge is -2.37. The molecular weight excluding hydrogens is 702 g/mol. The number of nitrogen functional groups attached to an aromatic ring is 1. The van der Waals surface area contributed by atoms with E-state index in [1.54, 1.807) is 31.2 Å². The van der Waals surface area contributed by atoms with E-state index in [0.717, 1.165) is 5.69 Å². The number of fused-ring (bicyclic) bond motifs is 1. The Morgan fingerprint density at radius 1 is 1.08 bits per heavy atom. The molecule has 21 heteroatoms. The van der Waals surface area contributed by atoms with E-state index < -0.39 is 60.2 Å². The molecule has 52 heavy (non-hydrogen) atoms. The Kier molecular flexibility index (Phi) is 14.6. The van der Waals surface area contributed by atoms with Crippen molar-refractivity contribution in [2.24, 2.45) is 5.73 Å². The number of aliphatic carboxylic acids is 2. The first kappa shape index (κ1) is 40.9. The molecule has 1 aliphatic heterocycles. The van der Waals surface area contributed by atoms with Crippen LogP contribution in [-0.4, -0.2) is 125 Å². The van der Waals surface area contributed by atoms with Gasteiger partial charge in [-0.15, -0.1) is 0 Å². The van der Waals surface area contributed by atoms with Crippen LogP contribution in [0.2, 0.25) is 0 Å². The summed E-state index contributed by atoms with van der Waals surface area (Å²) in [6.07, 6.45) is -0.604. The lowest BCUT2D eigenvalue weighted by atomic mass is 10.1. The number of amides is 4. The first-order valence-electron chi connectivity index (χ1n) is 16.2. The summed E-state index contributed by atoms with van der Waals surface area (Å²) < 4.78 is 0. The normalized spacial score (nSPS) is 15.8. The van der Waals surface area contributed by atoms with Gasteiger partial charge in [0.2, 0.25) is 23.7 Å². The number of carbonyl (C=O) groups excluding carboxylic acids is 4. The number of thiol groups is 1. The van der Waals surface area contributed by atoms with E-state index in [4.69, 9.17) is 21.7 Å². The van der Waals surface area contributed by atoms with Crippen LogP contribution >= 0.6 is 12.6 Å². The van der Waals surface area contributed by atoms with Crippen molar-refractivity contribution < 1.29 is 39.0 Å². The van der Waals surface area contributed by atoms with E-state index in [9.17, 15) is 33.6 Å². The van der Waals surface area contributed by atoms with Crippen LogP contribution in [0.1, 0.15) is 36.5 Å². The van der Waals surface area contributed by atoms with Gasteiger partial charge in [0.15, 0.2) is 5.82 Å². The van der Waals surface area contributed by atoms with Gasteiger partial charge in [-0.3, -0.25) is 33.8 Å². The first-order chi connectivity index (χ1) is 24.5. The zero-order chi connectivity index (χ0) is 38.7. The van der Waals surface area contributed by atoms with Crippen molar-refractivity contribution in [1.29, 1.82) is 0 Å². The van der Waals surface area contributed by atoms with Gasteiger partial charge < -0.3 is 58.1 Å². The minimum atomic E-state index is -1.62. The number of benzene rings is 1. The number of nitrogens with zero attached hydrogens (tertiary/aromatic N) is 3. The minimum Gasteiger partial charge on any atom is -0.481 e. The molecule has 0 spiro atoms. The van der Waals surface area contributed by atoms with Crippen LogP contribution in [-0.2, 0) is 24.0 Å². The maximum absolute atomic E-state index is 12.9. The van der Waals surface area contributed by atoms with Crippen molar-refractivity contribution in [3.05, 3.63) is 40.2 Å². The van der Waals surface area contributed by atoms with E-state index in [0.29, 0.717) is 30.2 Å². The molecule has 1 aliphatic rings. The number of carboxylic acid groups (broad SMARTS) is 2. The summed E-state index contributed by atoms with van der Waals surface area (Å²) in [6.45, 7) is 2.48. The largest absolute Gasteiger partial charge is 0.481 e. The van der Waals surface area contributed by atoms with Gasteiger partial charge in [0.05, 0.1) is 12.5 Å². The topological polar surface area (TPSA) is 307 Å². The van der Waals surface area contributed by atoms with Crippen LogP contribution in [0, 0.1) is 0 Å². The molecule has 0 saturated heterocycles. The van der Waals surface area contributed by atoms with Crippen LogP contribution in [0.4, 0.5) is 23.1 Å². The molecule has 1 aromatic heterocycles. The number of H-pyrrole nitrogens is 1. The molecule has 4 amide bonds. The maximum atomic E-state index is 12.9. The van der Waals surface area contributed by atoms with Gasteiger partial charge >= 0.3 is 11.9 Å². The Labute approximate surface area is 303 Å². The number of anilines is 4. The number of rotatable bonds is 18. The zero-order valence-electron chi connectivity index (χ0n) is 28.8. The van der Waals surface area contributed by atoms with Crippen LogP contribution < -0.4 is 53.4 Å². The highest BCUT2D eigenvalue weighted by Gasteiger charge is 2.30. The van der Waals surface area contributed by atoms with Gasteiger partial charge in [-0.1, -0.05) is 0 Å². The SMILES string of the molecule is C[C@H](CCC(=O)NC[C@H](N)C(=O)N[C@@H](CC(=O)O)C(=O)N[C@@H](CS)C(=O)O)NC(=O)c1ccc(N(C)CC2CNc3nc(N)[nH]c(=O)c3N2C)cc1. The molecule has 12 N–H and O–H groups in total. The highest BCUT2D eigenvalue weighted by atomic mass is 32.1. The third-order valence-corrected chi connectivity index (χ3v) is 8.59. The Bertz CT molecular complexity index is 1690. The van der Waals surface area contributed by atoms with E-state index in [1.165, 1.54) is 0 Å². The van der Waals surface area contributed by atoms with E-state index >= 15 is 0 Å². The van der Waals surface area contributed by atoms with Gasteiger partial charge in [-0.25, -0.2) is 4.79 Å². The fourth-order valence-corrected chi connectivity index (χ4v) is 5.44. The van der Waals surface area contributed by atoms with Crippen molar-refractivity contribution in [2.75, 3.05) is 60.3 Å². The summed E-state index contributed by atoms with van der Waals surface area (Å²) in [5, 5.41) is 30.9. The third-order valence-electron chi connectivity index (χ3n) is 8.22. The molecule has 0 radical (unpaired) electrons. The summed E-state index contributed by atoms with van der Waals surface area (Å²) in [5.74, 6) is -5.45. The van der Waals surface area contributed by atoms with Gasteiger partial charge in [-0.05, 0) is 37.6 Å². The molecule has 0 saturated carbocycles. The number of likely N-dealkylation sites (N-methyl/N-ethyl adjacent to an activating group) is 2. The van der Waals surface area contributed by atoms with Crippen LogP contribution in [0.5, 0.6) is 0 Å². The Morgan fingerprint density at radius 2 is 1.73 bits per heavy atom. The molecule has 0 bridgehead atoms. The van der Waals surface area contributed by atoms with E-state index in [-0.39, 0.29) is 48.6 Å². The highest BCUT2D eigenvalue weighted by molar-refractivity contribution is 7.80. The van der Waals surface area contributed by atoms with Crippen LogP contribution in [0.25, 0.3) is 0 Å². The van der Waals surface area contributed by atoms with Crippen molar-refractivity contribution in [1.82, 2.24) is 31.2 Å². The average molecular weight is 748 g/mol. The molecule has 0 aliphatic carbocycles. The molecule has 1 unspecified atom stereocenters. The predicted octanol–water partition coefficient (Wildman–Crippen LogP) is -2.48. The molecule has 3 rings (SSSR count). The quantitative estimate of drug-likeness (QED) is 0.0704. The molecule has 2 aromatic rings. The highest BCUT2D eigenvalue weighted by Crippen LogP contribution is 2.26. The molecule has 5 atom stereocenters. The molecule has 284 valence electrons. The second-order valence-corrected chi connectivity index (χ2v) is 12.7. The standard InChI is InChI=1S/C31H45N11O9S/c1-15(4-9-22(43)34-12-19(32)27(47)37-20(10-23(44)45)28(48)38-21(14-52)30(50)51)36-26(46)16-5-7-17(8-6-16)41(2)13-18-11-35-25-24(42(18)3)29(49)40-31(33)39-25/h5-8,15,18-21,52H,4,9-14,32H2,1-3H3,(H,34,43)(H,36,46)(H,37,47)(H,38,48)(H,44,45)(H,50,51)(H4,33,35,39,40,49)/t15-,18?,19+,20+,21+/m1/s1. The molecule has 0 fully saturated rings. The predicted molar refractivity (Wildman–Crippen MR) is 194 cm³/mol. The Hall–Kier alpha value is -5.57. The summed E-state index contributed by atoms with van der Waals surface area (Å²) >= 11 is 3.82. The molecule has 20 nitrogen and oxygen atoms in total. The van der Waals surface area contributed by atoms with Crippen molar-refractivity contribution in [3.63, 3.8) is 0 Å². The summed E-state index contributed by atoms with van der Waals surface area (Å²) in [4.78, 5) is 95.6. The Balaban J connectivity index is 1.43. The van der Waals surface area contributed by atoms with Gasteiger partial charge in [0.25, 0.3) is 11.5 Å². The number of nitrogens with two attached hydrogens (primary N) is 2. The fraction of sp³-hybridized carbons (Fsp3) is 0.484. The minimum absolute atomic E-state index is 0.0197. The monoisotopic (exact) mass is 747 g/mol. The third kappa shape index (κ3) is 11.5. The summed E-state index contributed by atoms with van der Waals surface area (Å²) in [7, 11) is 3.71. The first-order valence-corrected chi connectivity index (χ1v) is 16.8. The zero-order valence-corrected chi connectivity index (χ0v) is 29.7. The van der Waals surface area contributed by atoms with E-state index in [2.05, 4.69) is 49.2 Å². The van der Waals surface area contributed by atoms with Gasteiger partial charge in [0.1, 0.15) is 23.8 Å². The fourth-order valence-electron chi connectivity index (χ4n) is 5.20. The number of aromatic nitrogens is 2. The van der Waals surface area contributed by atoms with Crippen molar-refractivity contribution in [3.8, 4) is 0 Å². The second-order valence-electron chi connectivity index (χ2n) is 12.3. The van der Waals surface area contributed by atoms with Crippen molar-refractivity contribution in [2.45, 2.75) is 56.4 Å². The lowest BCUT2D eigenvalue weighted by molar-refractivity contribution is -0.143. The lowest BCUT2D eigenvalue weighted by Crippen LogP contribution is -2.57. The number of aromatic amines is 1. The number of carboxylic acids is 2. The smallest absolute Gasteiger partial charge is 0.327 e. The van der Waals surface area contributed by atoms with E-state index in [1.807, 2.05) is 23.9 Å². The Morgan fingerprint density at radius 3 is 2.35 bits per heavy atom. The van der Waals surface area contributed by atoms with Crippen molar-refractivity contribution >= 4 is 71.3 Å². The van der Waals surface area contributed by atoms with Gasteiger partial charge in [0, 0.05) is 63.2 Å². The summed E-state index contributed by atoms with van der Waals surface area (Å²) in [6, 6.07) is 2.11. The molecular formula is C31H45N11O9S. The average Bonchev–Trinajstić information content (AvgIpc) is 3.08. The maximum Gasteiger partial charge on any atom is 0.327 e.